The van der Waals surface area contributed by atoms with Gasteiger partial charge in [0, 0.05) is 6.20 Å². The third-order valence-corrected chi connectivity index (χ3v) is 3.36. The van der Waals surface area contributed by atoms with Crippen LogP contribution in [0.5, 0.6) is 11.5 Å². The second kappa shape index (κ2) is 4.60. The number of benzene rings is 1. The molecule has 1 N–H and O–H groups in total. The first-order valence-electron chi connectivity index (χ1n) is 5.37. The number of fused-ring (bicyclic) bond motifs is 1. The first kappa shape index (κ1) is 11.5. The van der Waals surface area contributed by atoms with Crippen molar-refractivity contribution in [3.63, 3.8) is 0 Å². The van der Waals surface area contributed by atoms with E-state index in [1.54, 1.807) is 0 Å². The summed E-state index contributed by atoms with van der Waals surface area (Å²) in [6.07, 6.45) is 1.14. The Hall–Kier alpha value is -1.57. The largest absolute Gasteiger partial charge is 0.485 e. The van der Waals surface area contributed by atoms with E-state index in [1.807, 2.05) is 46.9 Å². The van der Waals surface area contributed by atoms with Gasteiger partial charge in [-0.2, -0.15) is 0 Å². The van der Waals surface area contributed by atoms with Crippen LogP contribution in [0.4, 0.5) is 0 Å². The van der Waals surface area contributed by atoms with Crippen LogP contribution in [0.1, 0.15) is 11.9 Å². The van der Waals surface area contributed by atoms with Crippen LogP contribution in [-0.4, -0.2) is 16.6 Å². The number of para-hydroxylation sites is 2. The van der Waals surface area contributed by atoms with Gasteiger partial charge in [0.2, 0.25) is 0 Å². The topological polar surface area (TPSA) is 64.2 Å². The molecule has 92 valence electrons. The molecule has 1 unspecified atom stereocenters. The van der Waals surface area contributed by atoms with Gasteiger partial charge in [-0.3, -0.25) is 4.79 Å². The van der Waals surface area contributed by atoms with Gasteiger partial charge in [0.1, 0.15) is 6.61 Å². The van der Waals surface area contributed by atoms with Crippen LogP contribution in [0, 0.1) is 3.57 Å². The lowest BCUT2D eigenvalue weighted by molar-refractivity contribution is 0.0848. The predicted molar refractivity (Wildman–Crippen MR) is 72.9 cm³/mol. The molecule has 0 saturated heterocycles. The van der Waals surface area contributed by atoms with Gasteiger partial charge >= 0.3 is 0 Å². The van der Waals surface area contributed by atoms with Crippen molar-refractivity contribution in [2.75, 3.05) is 6.61 Å². The highest BCUT2D eigenvalue weighted by molar-refractivity contribution is 14.1. The highest BCUT2D eigenvalue weighted by atomic mass is 127. The number of aromatic amines is 1. The minimum Gasteiger partial charge on any atom is -0.485 e. The zero-order chi connectivity index (χ0) is 12.5. The number of H-pyrrole nitrogens is 1. The average Bonchev–Trinajstić information content (AvgIpc) is 2.41. The molecular formula is C12H9IN2O3. The second-order valence-corrected chi connectivity index (χ2v) is 4.97. The summed E-state index contributed by atoms with van der Waals surface area (Å²) in [6, 6.07) is 7.42. The van der Waals surface area contributed by atoms with Crippen molar-refractivity contribution in [3.8, 4) is 11.5 Å². The first-order chi connectivity index (χ1) is 8.74. The van der Waals surface area contributed by atoms with Crippen LogP contribution < -0.4 is 15.0 Å². The van der Waals surface area contributed by atoms with Gasteiger partial charge in [0.15, 0.2) is 23.4 Å². The van der Waals surface area contributed by atoms with Crippen LogP contribution in [0.15, 0.2) is 35.3 Å². The summed E-state index contributed by atoms with van der Waals surface area (Å²) >= 11 is 1.93. The maximum atomic E-state index is 11.5. The van der Waals surface area contributed by atoms with E-state index in [0.29, 0.717) is 27.5 Å². The summed E-state index contributed by atoms with van der Waals surface area (Å²) in [5.41, 5.74) is -0.164. The van der Waals surface area contributed by atoms with Gasteiger partial charge in [-0.15, -0.1) is 0 Å². The molecule has 2 heterocycles. The molecule has 0 amide bonds. The lowest BCUT2D eigenvalue weighted by atomic mass is 10.2. The van der Waals surface area contributed by atoms with Crippen LogP contribution >= 0.6 is 22.6 Å². The molecule has 5 nitrogen and oxygen atoms in total. The van der Waals surface area contributed by atoms with Gasteiger partial charge in [-0.25, -0.2) is 4.98 Å². The molecular weight excluding hydrogens is 347 g/mol. The zero-order valence-electron chi connectivity index (χ0n) is 9.22. The molecule has 1 aliphatic heterocycles. The number of aromatic nitrogens is 2. The highest BCUT2D eigenvalue weighted by Crippen LogP contribution is 2.34. The third-order valence-electron chi connectivity index (χ3n) is 2.59. The Morgan fingerprint density at radius 3 is 2.89 bits per heavy atom. The summed E-state index contributed by atoms with van der Waals surface area (Å²) in [4.78, 5) is 18.4. The fourth-order valence-electron chi connectivity index (χ4n) is 1.71. The Balaban J connectivity index is 1.92. The number of halogens is 1. The van der Waals surface area contributed by atoms with E-state index >= 15 is 0 Å². The molecule has 1 atom stereocenters. The lowest BCUT2D eigenvalue weighted by Gasteiger charge is -2.25. The highest BCUT2D eigenvalue weighted by Gasteiger charge is 2.24. The Morgan fingerprint density at radius 1 is 1.33 bits per heavy atom. The van der Waals surface area contributed by atoms with Crippen molar-refractivity contribution < 1.29 is 9.47 Å². The number of ether oxygens (including phenoxy) is 2. The Morgan fingerprint density at radius 2 is 2.11 bits per heavy atom. The number of nitrogens with one attached hydrogen (secondary N) is 1. The van der Waals surface area contributed by atoms with Crippen molar-refractivity contribution in [3.05, 3.63) is 50.2 Å². The number of nitrogens with zero attached hydrogens (tertiary/aromatic N) is 1. The Bertz CT molecular complexity index is 641. The molecule has 1 aromatic heterocycles. The van der Waals surface area contributed by atoms with Crippen molar-refractivity contribution >= 4 is 22.6 Å². The van der Waals surface area contributed by atoms with E-state index in [9.17, 15) is 4.79 Å². The molecule has 0 radical (unpaired) electrons. The fourth-order valence-corrected chi connectivity index (χ4v) is 1.99. The smallest absolute Gasteiger partial charge is 0.264 e. The summed E-state index contributed by atoms with van der Waals surface area (Å²) in [5.74, 6) is 1.85. The lowest BCUT2D eigenvalue weighted by Crippen LogP contribution is -2.26. The molecule has 6 heteroatoms. The van der Waals surface area contributed by atoms with Gasteiger partial charge < -0.3 is 14.5 Å². The summed E-state index contributed by atoms with van der Waals surface area (Å²) < 4.78 is 11.9. The molecule has 0 saturated carbocycles. The van der Waals surface area contributed by atoms with E-state index in [0.717, 1.165) is 0 Å². The van der Waals surface area contributed by atoms with E-state index in [-0.39, 0.29) is 11.7 Å². The van der Waals surface area contributed by atoms with E-state index in [1.165, 1.54) is 6.20 Å². The van der Waals surface area contributed by atoms with Crippen LogP contribution in [-0.2, 0) is 0 Å². The van der Waals surface area contributed by atoms with Crippen molar-refractivity contribution in [1.82, 2.24) is 9.97 Å². The number of hydrogen-bond acceptors (Lipinski definition) is 4. The van der Waals surface area contributed by atoms with Gasteiger partial charge in [0.25, 0.3) is 5.56 Å². The molecule has 0 bridgehead atoms. The fraction of sp³-hybridized carbons (Fsp3) is 0.167. The molecule has 0 fully saturated rings. The Kier molecular flexibility index (Phi) is 2.94. The van der Waals surface area contributed by atoms with Crippen LogP contribution in [0.2, 0.25) is 0 Å². The van der Waals surface area contributed by atoms with E-state index in [2.05, 4.69) is 9.97 Å². The minimum absolute atomic E-state index is 0.164. The third kappa shape index (κ3) is 2.07. The summed E-state index contributed by atoms with van der Waals surface area (Å²) in [5, 5.41) is 0. The van der Waals surface area contributed by atoms with E-state index in [4.69, 9.17) is 9.47 Å². The first-order valence-corrected chi connectivity index (χ1v) is 6.45. The summed E-state index contributed by atoms with van der Waals surface area (Å²) in [7, 11) is 0. The number of hydrogen-bond donors (Lipinski definition) is 1. The second-order valence-electron chi connectivity index (χ2n) is 3.81. The van der Waals surface area contributed by atoms with E-state index < -0.39 is 0 Å². The maximum Gasteiger partial charge on any atom is 0.264 e. The molecule has 1 aromatic carbocycles. The van der Waals surface area contributed by atoms with Gasteiger partial charge in [-0.1, -0.05) is 12.1 Å². The zero-order valence-corrected chi connectivity index (χ0v) is 11.4. The van der Waals surface area contributed by atoms with Crippen molar-refractivity contribution in [1.29, 1.82) is 0 Å². The van der Waals surface area contributed by atoms with Crippen LogP contribution in [0.3, 0.4) is 0 Å². The summed E-state index contributed by atoms with van der Waals surface area (Å²) in [6.45, 7) is 0.334. The monoisotopic (exact) mass is 356 g/mol. The maximum absolute atomic E-state index is 11.5. The molecule has 0 aliphatic carbocycles. The van der Waals surface area contributed by atoms with Crippen molar-refractivity contribution in [2.24, 2.45) is 0 Å². The Labute approximate surface area is 116 Å². The molecule has 0 spiro atoms. The molecule has 18 heavy (non-hydrogen) atoms. The standard InChI is InChI=1S/C12H9IN2O3/c13-7-5-14-11(15-12(7)16)10-6-17-8-3-1-2-4-9(8)18-10/h1-5,10H,6H2,(H,14,15,16). The molecule has 2 aromatic rings. The van der Waals surface area contributed by atoms with Crippen LogP contribution in [0.25, 0.3) is 0 Å². The minimum atomic E-state index is -0.385. The number of rotatable bonds is 1. The SMILES string of the molecule is O=c1[nH]c(C2COc3ccccc3O2)ncc1I. The normalized spacial score (nSPS) is 17.5. The predicted octanol–water partition coefficient (Wildman–Crippen LogP) is 1.89. The molecule has 3 rings (SSSR count). The average molecular weight is 356 g/mol. The van der Waals surface area contributed by atoms with Crippen molar-refractivity contribution in [2.45, 2.75) is 6.10 Å². The van der Waals surface area contributed by atoms with Gasteiger partial charge in [0.05, 0.1) is 3.57 Å². The quantitative estimate of drug-likeness (QED) is 0.793. The van der Waals surface area contributed by atoms with Gasteiger partial charge in [-0.05, 0) is 34.7 Å². The molecule has 1 aliphatic rings.